The standard InChI is InChI=1S/C22H30O6/c1-14-6-9-22(27-10-11-28-22)20(2,3)16(14)13-18(24)21(4)8-7-15(23)12-17(21)19(25)26-5/h7-8,17H,6,9-13H2,1-5H3/t17-,21+/m0/s1. The average molecular weight is 390 g/mol. The van der Waals surface area contributed by atoms with E-state index in [0.29, 0.717) is 13.2 Å². The Kier molecular flexibility index (Phi) is 5.40. The molecule has 2 aliphatic carbocycles. The van der Waals surface area contributed by atoms with Crippen molar-refractivity contribution in [2.75, 3.05) is 20.3 Å². The van der Waals surface area contributed by atoms with Gasteiger partial charge in [0.25, 0.3) is 0 Å². The van der Waals surface area contributed by atoms with Gasteiger partial charge in [0.2, 0.25) is 0 Å². The van der Waals surface area contributed by atoms with Crippen LogP contribution in [0, 0.1) is 16.7 Å². The van der Waals surface area contributed by atoms with Crippen molar-refractivity contribution < 1.29 is 28.6 Å². The smallest absolute Gasteiger partial charge is 0.310 e. The van der Waals surface area contributed by atoms with Crippen LogP contribution in [0.2, 0.25) is 0 Å². The molecule has 28 heavy (non-hydrogen) atoms. The SMILES string of the molecule is COC(=O)[C@@H]1CC(=O)C=C[C@@]1(C)C(=O)CC1=C(C)CCC2(OCCO2)C1(C)C. The maximum Gasteiger partial charge on any atom is 0.310 e. The van der Waals surface area contributed by atoms with Crippen molar-refractivity contribution in [3.63, 3.8) is 0 Å². The van der Waals surface area contributed by atoms with Gasteiger partial charge in [-0.05, 0) is 26.3 Å². The minimum absolute atomic E-state index is 0.0109. The van der Waals surface area contributed by atoms with Crippen molar-refractivity contribution >= 4 is 17.5 Å². The van der Waals surface area contributed by atoms with Gasteiger partial charge in [-0.3, -0.25) is 14.4 Å². The predicted molar refractivity (Wildman–Crippen MR) is 102 cm³/mol. The molecule has 0 aromatic heterocycles. The van der Waals surface area contributed by atoms with Crippen LogP contribution in [-0.2, 0) is 28.6 Å². The summed E-state index contributed by atoms with van der Waals surface area (Å²) in [7, 11) is 1.28. The Morgan fingerprint density at radius 1 is 1.21 bits per heavy atom. The van der Waals surface area contributed by atoms with Crippen molar-refractivity contribution in [1.82, 2.24) is 0 Å². The largest absolute Gasteiger partial charge is 0.469 e. The third-order valence-corrected chi connectivity index (χ3v) is 6.97. The Bertz CT molecular complexity index is 753. The third kappa shape index (κ3) is 3.16. The molecule has 3 aliphatic rings. The van der Waals surface area contributed by atoms with Crippen molar-refractivity contribution in [3.8, 4) is 0 Å². The van der Waals surface area contributed by atoms with Gasteiger partial charge in [0.05, 0.1) is 31.7 Å². The molecule has 3 rings (SSSR count). The zero-order chi connectivity index (χ0) is 20.7. The molecular weight excluding hydrogens is 360 g/mol. The van der Waals surface area contributed by atoms with Crippen molar-refractivity contribution in [2.24, 2.45) is 16.7 Å². The lowest BCUT2D eigenvalue weighted by Crippen LogP contribution is -2.50. The summed E-state index contributed by atoms with van der Waals surface area (Å²) in [6, 6.07) is 0. The van der Waals surface area contributed by atoms with Gasteiger partial charge in [-0.2, -0.15) is 0 Å². The first-order chi connectivity index (χ1) is 13.1. The van der Waals surface area contributed by atoms with E-state index in [1.165, 1.54) is 13.2 Å². The Labute approximate surface area is 166 Å². The Morgan fingerprint density at radius 3 is 2.46 bits per heavy atom. The van der Waals surface area contributed by atoms with E-state index in [2.05, 4.69) is 13.8 Å². The zero-order valence-electron chi connectivity index (χ0n) is 17.4. The third-order valence-electron chi connectivity index (χ3n) is 6.97. The summed E-state index contributed by atoms with van der Waals surface area (Å²) in [6.45, 7) is 9.00. The van der Waals surface area contributed by atoms with Crippen molar-refractivity contribution in [3.05, 3.63) is 23.3 Å². The summed E-state index contributed by atoms with van der Waals surface area (Å²) in [5.74, 6) is -2.29. The Balaban J connectivity index is 1.93. The topological polar surface area (TPSA) is 78.9 Å². The van der Waals surface area contributed by atoms with Crippen molar-refractivity contribution in [2.45, 2.75) is 59.2 Å². The van der Waals surface area contributed by atoms with Crippen LogP contribution in [0.25, 0.3) is 0 Å². The van der Waals surface area contributed by atoms with Crippen LogP contribution in [0.4, 0.5) is 0 Å². The van der Waals surface area contributed by atoms with Crippen LogP contribution in [0.1, 0.15) is 53.4 Å². The second kappa shape index (κ2) is 7.23. The fraction of sp³-hybridized carbons (Fsp3) is 0.682. The van der Waals surface area contributed by atoms with Gasteiger partial charge in [-0.25, -0.2) is 0 Å². The molecule has 1 heterocycles. The molecule has 0 radical (unpaired) electrons. The first kappa shape index (κ1) is 20.9. The number of carbonyl (C=O) groups is 3. The van der Waals surface area contributed by atoms with Crippen LogP contribution >= 0.6 is 0 Å². The molecule has 6 nitrogen and oxygen atoms in total. The van der Waals surface area contributed by atoms with Crippen LogP contribution < -0.4 is 0 Å². The quantitative estimate of drug-likeness (QED) is 0.542. The van der Waals surface area contributed by atoms with E-state index >= 15 is 0 Å². The highest BCUT2D eigenvalue weighted by Gasteiger charge is 2.55. The van der Waals surface area contributed by atoms with Gasteiger partial charge in [0.15, 0.2) is 11.6 Å². The number of hydrogen-bond acceptors (Lipinski definition) is 6. The summed E-state index contributed by atoms with van der Waals surface area (Å²) in [4.78, 5) is 37.7. The molecule has 0 bridgehead atoms. The highest BCUT2D eigenvalue weighted by atomic mass is 16.7. The number of esters is 1. The van der Waals surface area contributed by atoms with Crippen molar-refractivity contribution in [1.29, 1.82) is 0 Å². The second-order valence-electron chi connectivity index (χ2n) is 8.80. The monoisotopic (exact) mass is 390 g/mol. The molecular formula is C22H30O6. The van der Waals surface area contributed by atoms with Gasteiger partial charge < -0.3 is 14.2 Å². The van der Waals surface area contributed by atoms with Gasteiger partial charge in [0, 0.05) is 24.7 Å². The molecule has 0 N–H and O–H groups in total. The summed E-state index contributed by atoms with van der Waals surface area (Å²) in [6.07, 6.45) is 4.73. The molecule has 1 fully saturated rings. The molecule has 154 valence electrons. The molecule has 2 atom stereocenters. The Hall–Kier alpha value is -1.79. The average Bonchev–Trinajstić information content (AvgIpc) is 3.14. The Morgan fingerprint density at radius 2 is 1.86 bits per heavy atom. The fourth-order valence-corrected chi connectivity index (χ4v) is 4.88. The summed E-state index contributed by atoms with van der Waals surface area (Å²) >= 11 is 0. The van der Waals surface area contributed by atoms with E-state index in [-0.39, 0.29) is 24.4 Å². The van der Waals surface area contributed by atoms with Crippen LogP contribution in [0.15, 0.2) is 23.3 Å². The second-order valence-corrected chi connectivity index (χ2v) is 8.80. The summed E-state index contributed by atoms with van der Waals surface area (Å²) in [5, 5.41) is 0. The van der Waals surface area contributed by atoms with Gasteiger partial charge >= 0.3 is 5.97 Å². The number of methoxy groups -OCH3 is 1. The zero-order valence-corrected chi connectivity index (χ0v) is 17.4. The summed E-state index contributed by atoms with van der Waals surface area (Å²) < 4.78 is 16.9. The number of rotatable bonds is 4. The first-order valence-corrected chi connectivity index (χ1v) is 9.87. The summed E-state index contributed by atoms with van der Waals surface area (Å²) in [5.41, 5.74) is 0.622. The molecule has 6 heteroatoms. The molecule has 0 saturated carbocycles. The predicted octanol–water partition coefficient (Wildman–Crippen LogP) is 3.15. The van der Waals surface area contributed by atoms with Crippen LogP contribution in [0.5, 0.6) is 0 Å². The molecule has 0 unspecified atom stereocenters. The first-order valence-electron chi connectivity index (χ1n) is 9.87. The van der Waals surface area contributed by atoms with Crippen LogP contribution in [-0.4, -0.2) is 43.6 Å². The number of ether oxygens (including phenoxy) is 3. The van der Waals surface area contributed by atoms with Gasteiger partial charge in [0.1, 0.15) is 5.78 Å². The number of hydrogen-bond donors (Lipinski definition) is 0. The number of Topliss-reactive ketones (excluding diaryl/α,β-unsaturated/α-hetero) is 1. The van der Waals surface area contributed by atoms with E-state index in [1.807, 2.05) is 6.92 Å². The highest BCUT2D eigenvalue weighted by Crippen LogP contribution is 2.53. The molecule has 1 saturated heterocycles. The van der Waals surface area contributed by atoms with Crippen LogP contribution in [0.3, 0.4) is 0 Å². The van der Waals surface area contributed by atoms with E-state index < -0.39 is 28.5 Å². The van der Waals surface area contributed by atoms with Gasteiger partial charge in [-0.1, -0.05) is 31.1 Å². The number of ketones is 2. The van der Waals surface area contributed by atoms with E-state index in [1.54, 1.807) is 13.0 Å². The van der Waals surface area contributed by atoms with E-state index in [4.69, 9.17) is 14.2 Å². The molecule has 0 aromatic rings. The van der Waals surface area contributed by atoms with E-state index in [0.717, 1.165) is 24.0 Å². The molecule has 1 aliphatic heterocycles. The number of allylic oxidation sites excluding steroid dienone is 3. The minimum Gasteiger partial charge on any atom is -0.469 e. The van der Waals surface area contributed by atoms with E-state index in [9.17, 15) is 14.4 Å². The minimum atomic E-state index is -1.08. The maximum absolute atomic E-state index is 13.5. The lowest BCUT2D eigenvalue weighted by Gasteiger charge is -2.48. The highest BCUT2D eigenvalue weighted by molar-refractivity contribution is 6.01. The molecule has 0 amide bonds. The number of carbonyl (C=O) groups excluding carboxylic acids is 3. The molecule has 1 spiro atoms. The lowest BCUT2D eigenvalue weighted by molar-refractivity contribution is -0.225. The maximum atomic E-state index is 13.5. The van der Waals surface area contributed by atoms with Gasteiger partial charge in [-0.15, -0.1) is 0 Å². The lowest BCUT2D eigenvalue weighted by atomic mass is 9.62. The molecule has 0 aromatic carbocycles. The fourth-order valence-electron chi connectivity index (χ4n) is 4.88. The normalized spacial score (nSPS) is 31.3.